The van der Waals surface area contributed by atoms with Crippen molar-refractivity contribution in [1.29, 1.82) is 0 Å². The van der Waals surface area contributed by atoms with Crippen LogP contribution in [0, 0.1) is 5.41 Å². The Labute approximate surface area is 302 Å². The number of rotatable bonds is 10. The molecule has 3 amide bonds. The van der Waals surface area contributed by atoms with Gasteiger partial charge in [-0.2, -0.15) is 0 Å². The standard InChI is InChI=1S/C40H42N4O8/c1-4-12-52-39(47)43-23-28-20-40(10-11-40)24-44(28)38(46)30-17-34(49-3)36(19-32(30)43)51-14-7-13-50-35-18-31-29(16-33(35)48-2)37(45)42-22-26-9-6-5-8-25(26)15-27(42)21-41-31/h4-6,8-9,16-19,21,27-28H,1,7,10-15,20,22-24H2,2-3H3/t27-,28-/m0/s1. The van der Waals surface area contributed by atoms with Crippen LogP contribution in [-0.2, 0) is 17.7 Å². The van der Waals surface area contributed by atoms with Crippen molar-refractivity contribution in [2.75, 3.05) is 52.0 Å². The van der Waals surface area contributed by atoms with Crippen LogP contribution in [0.3, 0.4) is 0 Å². The smallest absolute Gasteiger partial charge is 0.414 e. The Morgan fingerprint density at radius 2 is 1.62 bits per heavy atom. The molecule has 0 N–H and O–H groups in total. The summed E-state index contributed by atoms with van der Waals surface area (Å²) in [7, 11) is 3.07. The van der Waals surface area contributed by atoms with Crippen LogP contribution in [0.5, 0.6) is 23.0 Å². The largest absolute Gasteiger partial charge is 0.493 e. The zero-order valence-corrected chi connectivity index (χ0v) is 29.5. The lowest BCUT2D eigenvalue weighted by Gasteiger charge is -2.34. The molecular weight excluding hydrogens is 664 g/mol. The summed E-state index contributed by atoms with van der Waals surface area (Å²) in [6.07, 6.45) is 7.08. The number of hydrogen-bond acceptors (Lipinski definition) is 9. The Kier molecular flexibility index (Phi) is 8.76. The second-order valence-electron chi connectivity index (χ2n) is 14.1. The Bertz CT molecular complexity index is 1970. The van der Waals surface area contributed by atoms with Crippen LogP contribution in [0.15, 0.2) is 66.2 Å². The third-order valence-corrected chi connectivity index (χ3v) is 10.8. The van der Waals surface area contributed by atoms with Crippen LogP contribution < -0.4 is 23.8 Å². The summed E-state index contributed by atoms with van der Waals surface area (Å²) in [5, 5.41) is 0. The lowest BCUT2D eigenvalue weighted by Crippen LogP contribution is -2.44. The number of carbonyl (C=O) groups is 3. The number of anilines is 1. The van der Waals surface area contributed by atoms with Crippen LogP contribution in [0.4, 0.5) is 16.2 Å². The van der Waals surface area contributed by atoms with Gasteiger partial charge in [0.25, 0.3) is 11.8 Å². The van der Waals surface area contributed by atoms with Crippen molar-refractivity contribution in [3.63, 3.8) is 0 Å². The van der Waals surface area contributed by atoms with Gasteiger partial charge in [-0.3, -0.25) is 19.5 Å². The molecule has 2 atom stereocenters. The molecule has 1 aliphatic carbocycles. The van der Waals surface area contributed by atoms with Crippen molar-refractivity contribution in [2.45, 2.75) is 50.7 Å². The first-order valence-corrected chi connectivity index (χ1v) is 17.8. The third-order valence-electron chi connectivity index (χ3n) is 10.8. The van der Waals surface area contributed by atoms with Crippen molar-refractivity contribution >= 4 is 35.5 Å². The van der Waals surface area contributed by atoms with E-state index in [4.69, 9.17) is 28.7 Å². The van der Waals surface area contributed by atoms with Crippen molar-refractivity contribution in [3.8, 4) is 23.0 Å². The number of hydrogen-bond donors (Lipinski definition) is 0. The van der Waals surface area contributed by atoms with Crippen LogP contribution >= 0.6 is 0 Å². The van der Waals surface area contributed by atoms with E-state index in [1.165, 1.54) is 18.7 Å². The van der Waals surface area contributed by atoms with E-state index < -0.39 is 6.09 Å². The van der Waals surface area contributed by atoms with Gasteiger partial charge in [0.15, 0.2) is 23.0 Å². The zero-order chi connectivity index (χ0) is 36.0. The third kappa shape index (κ3) is 6.09. The van der Waals surface area contributed by atoms with E-state index in [1.54, 1.807) is 36.3 Å². The molecule has 0 aromatic heterocycles. The lowest BCUT2D eigenvalue weighted by atomic mass is 9.94. The molecule has 0 radical (unpaired) electrons. The molecule has 3 aromatic rings. The van der Waals surface area contributed by atoms with E-state index in [0.29, 0.717) is 78.0 Å². The molecule has 8 rings (SSSR count). The van der Waals surface area contributed by atoms with Gasteiger partial charge >= 0.3 is 6.09 Å². The van der Waals surface area contributed by atoms with Gasteiger partial charge in [0.1, 0.15) is 6.61 Å². The fourth-order valence-corrected chi connectivity index (χ4v) is 7.91. The minimum atomic E-state index is -0.543. The molecule has 270 valence electrons. The highest BCUT2D eigenvalue weighted by molar-refractivity contribution is 6.06. The predicted molar refractivity (Wildman–Crippen MR) is 194 cm³/mol. The molecule has 1 saturated heterocycles. The number of benzene rings is 3. The number of nitrogens with zero attached hydrogens (tertiary/aromatic N) is 4. The molecule has 52 heavy (non-hydrogen) atoms. The first kappa shape index (κ1) is 33.6. The second kappa shape index (κ2) is 13.6. The normalized spacial score (nSPS) is 20.5. The average Bonchev–Trinajstić information content (AvgIpc) is 3.87. The summed E-state index contributed by atoms with van der Waals surface area (Å²) in [4.78, 5) is 51.0. The Morgan fingerprint density at radius 3 is 2.33 bits per heavy atom. The maximum absolute atomic E-state index is 13.9. The Balaban J connectivity index is 0.962. The van der Waals surface area contributed by atoms with Gasteiger partial charge in [-0.05, 0) is 54.4 Å². The second-order valence-corrected chi connectivity index (χ2v) is 14.1. The molecule has 12 heteroatoms. The minimum absolute atomic E-state index is 0.0574. The number of methoxy groups -OCH3 is 2. The van der Waals surface area contributed by atoms with Crippen molar-refractivity contribution < 1.29 is 38.1 Å². The number of ether oxygens (including phenoxy) is 5. The van der Waals surface area contributed by atoms with E-state index in [2.05, 4.69) is 18.7 Å². The van der Waals surface area contributed by atoms with Crippen molar-refractivity contribution in [2.24, 2.45) is 10.4 Å². The molecule has 4 heterocycles. The molecule has 0 bridgehead atoms. The van der Waals surface area contributed by atoms with Gasteiger partial charge in [-0.1, -0.05) is 36.9 Å². The van der Waals surface area contributed by atoms with Crippen molar-refractivity contribution in [1.82, 2.24) is 9.80 Å². The summed E-state index contributed by atoms with van der Waals surface area (Å²) in [6, 6.07) is 14.7. The van der Waals surface area contributed by atoms with Crippen LogP contribution in [0.1, 0.15) is 57.5 Å². The highest BCUT2D eigenvalue weighted by atomic mass is 16.6. The molecule has 3 aromatic carbocycles. The van der Waals surface area contributed by atoms with Crippen LogP contribution in [0.2, 0.25) is 0 Å². The van der Waals surface area contributed by atoms with Crippen LogP contribution in [-0.4, -0.2) is 93.1 Å². The first-order chi connectivity index (χ1) is 25.3. The van der Waals surface area contributed by atoms with E-state index in [9.17, 15) is 14.4 Å². The monoisotopic (exact) mass is 706 g/mol. The fraction of sp³-hybridized carbons (Fsp3) is 0.400. The maximum Gasteiger partial charge on any atom is 0.414 e. The molecule has 1 spiro atoms. The van der Waals surface area contributed by atoms with E-state index in [0.717, 1.165) is 24.8 Å². The van der Waals surface area contributed by atoms with E-state index in [1.807, 2.05) is 28.1 Å². The average molecular weight is 707 g/mol. The summed E-state index contributed by atoms with van der Waals surface area (Å²) in [6.45, 7) is 5.80. The van der Waals surface area contributed by atoms with Gasteiger partial charge in [0.2, 0.25) is 0 Å². The Hall–Kier alpha value is -5.52. The molecule has 0 unspecified atom stereocenters. The summed E-state index contributed by atoms with van der Waals surface area (Å²) in [5.41, 5.74) is 4.34. The van der Waals surface area contributed by atoms with Gasteiger partial charge in [-0.25, -0.2) is 4.79 Å². The summed E-state index contributed by atoms with van der Waals surface area (Å²) in [5.74, 6) is 1.47. The lowest BCUT2D eigenvalue weighted by molar-refractivity contribution is 0.0702. The summed E-state index contributed by atoms with van der Waals surface area (Å²) >= 11 is 0. The Morgan fingerprint density at radius 1 is 0.923 bits per heavy atom. The quantitative estimate of drug-likeness (QED) is 0.187. The van der Waals surface area contributed by atoms with Crippen molar-refractivity contribution in [3.05, 3.63) is 83.4 Å². The van der Waals surface area contributed by atoms with Gasteiger partial charge in [-0.15, -0.1) is 0 Å². The maximum atomic E-state index is 13.9. The number of aliphatic imine (C=N–C) groups is 1. The first-order valence-electron chi connectivity index (χ1n) is 17.8. The predicted octanol–water partition coefficient (Wildman–Crippen LogP) is 5.97. The number of fused-ring (bicyclic) bond motifs is 5. The molecule has 12 nitrogen and oxygen atoms in total. The van der Waals surface area contributed by atoms with Gasteiger partial charge in [0, 0.05) is 44.4 Å². The molecular formula is C40H42N4O8. The zero-order valence-electron chi connectivity index (χ0n) is 29.5. The SMILES string of the molecule is C=CCOC(=O)N1C[C@@H]2CC3(CC3)CN2C(=O)c2cc(OC)c(OCCCOc3cc4c(cc3OC)C(=O)N3Cc5ccccc5C[C@H]3C=N4)cc21. The van der Waals surface area contributed by atoms with E-state index >= 15 is 0 Å². The van der Waals surface area contributed by atoms with Crippen LogP contribution in [0.25, 0.3) is 0 Å². The fourth-order valence-electron chi connectivity index (χ4n) is 7.91. The van der Waals surface area contributed by atoms with Gasteiger partial charge < -0.3 is 33.5 Å². The topological polar surface area (TPSA) is 119 Å². The molecule has 2 fully saturated rings. The molecule has 1 saturated carbocycles. The van der Waals surface area contributed by atoms with Gasteiger partial charge in [0.05, 0.1) is 62.0 Å². The van der Waals surface area contributed by atoms with E-state index in [-0.39, 0.29) is 49.1 Å². The molecule has 5 aliphatic rings. The molecule has 4 aliphatic heterocycles. The minimum Gasteiger partial charge on any atom is -0.493 e. The number of amides is 3. The highest BCUT2D eigenvalue weighted by Gasteiger charge is 2.55. The number of carbonyl (C=O) groups excluding carboxylic acids is 3. The summed E-state index contributed by atoms with van der Waals surface area (Å²) < 4.78 is 29.1. The highest BCUT2D eigenvalue weighted by Crippen LogP contribution is 2.56.